The van der Waals surface area contributed by atoms with Crippen molar-refractivity contribution in [3.63, 3.8) is 0 Å². The predicted molar refractivity (Wildman–Crippen MR) is 60.0 cm³/mol. The number of carboxylic acid groups (broad SMARTS) is 1. The number of nitrogens with zero attached hydrogens (tertiary/aromatic N) is 1. The van der Waals surface area contributed by atoms with Crippen LogP contribution in [0.1, 0.15) is 13.8 Å². The van der Waals surface area contributed by atoms with Crippen LogP contribution in [0.4, 0.5) is 0 Å². The molecule has 0 aliphatic rings. The summed E-state index contributed by atoms with van der Waals surface area (Å²) in [5.41, 5.74) is 0. The molecule has 0 fully saturated rings. The fraction of sp³-hybridized carbons (Fsp3) is 0.875. The summed E-state index contributed by atoms with van der Waals surface area (Å²) in [6.45, 7) is 7.32. The molecule has 80 valence electrons. The van der Waals surface area contributed by atoms with Crippen molar-refractivity contribution in [1.82, 2.24) is 4.90 Å². The second-order valence-electron chi connectivity index (χ2n) is 2.47. The lowest BCUT2D eigenvalue weighted by atomic mass is 10.5. The molecule has 0 saturated carbocycles. The zero-order valence-electron chi connectivity index (χ0n) is 8.15. The number of thioether (sulfide) groups is 1. The average Bonchev–Trinajstić information content (AvgIpc) is 2.04. The summed E-state index contributed by atoms with van der Waals surface area (Å²) in [6, 6.07) is 0. The molecule has 0 radical (unpaired) electrons. The fourth-order valence-electron chi connectivity index (χ4n) is 0.893. The van der Waals surface area contributed by atoms with Crippen LogP contribution < -0.4 is 0 Å². The average molecular weight is 228 g/mol. The molecular formula is C8H18ClNO2S. The summed E-state index contributed by atoms with van der Waals surface area (Å²) >= 11 is 1.48. The van der Waals surface area contributed by atoms with Gasteiger partial charge in [0.15, 0.2) is 0 Å². The van der Waals surface area contributed by atoms with E-state index in [1.807, 2.05) is 0 Å². The molecule has 0 atom stereocenters. The Kier molecular flexibility index (Phi) is 12.1. The Bertz CT molecular complexity index is 131. The molecule has 1 N–H and O–H groups in total. The minimum absolute atomic E-state index is 0. The van der Waals surface area contributed by atoms with Gasteiger partial charge in [-0.25, -0.2) is 0 Å². The molecule has 5 heteroatoms. The molecule has 0 amide bonds. The SMILES string of the molecule is CCN(CC)CCSCC(=O)O.Cl. The predicted octanol–water partition coefficient (Wildman–Crippen LogP) is 1.57. The highest BCUT2D eigenvalue weighted by atomic mass is 35.5. The molecule has 0 aliphatic carbocycles. The lowest BCUT2D eigenvalue weighted by molar-refractivity contribution is -0.133. The van der Waals surface area contributed by atoms with Crippen LogP contribution in [0.2, 0.25) is 0 Å². The van der Waals surface area contributed by atoms with Crippen molar-refractivity contribution in [3.8, 4) is 0 Å². The smallest absolute Gasteiger partial charge is 0.313 e. The van der Waals surface area contributed by atoms with Gasteiger partial charge in [0.05, 0.1) is 5.75 Å². The standard InChI is InChI=1S/C8H17NO2S.ClH/c1-3-9(4-2)5-6-12-7-8(10)11;/h3-7H2,1-2H3,(H,10,11);1H. The van der Waals surface area contributed by atoms with Gasteiger partial charge in [-0.1, -0.05) is 13.8 Å². The lowest BCUT2D eigenvalue weighted by Gasteiger charge is -2.16. The molecule has 0 aromatic rings. The van der Waals surface area contributed by atoms with Crippen LogP contribution in [-0.4, -0.2) is 47.1 Å². The van der Waals surface area contributed by atoms with Gasteiger partial charge in [0.1, 0.15) is 0 Å². The quantitative estimate of drug-likeness (QED) is 0.671. The molecule has 0 aromatic heterocycles. The van der Waals surface area contributed by atoms with E-state index >= 15 is 0 Å². The van der Waals surface area contributed by atoms with Gasteiger partial charge in [-0.3, -0.25) is 4.79 Å². The second kappa shape index (κ2) is 10.2. The minimum Gasteiger partial charge on any atom is -0.481 e. The molecule has 0 aromatic carbocycles. The van der Waals surface area contributed by atoms with Crippen LogP contribution in [0.25, 0.3) is 0 Å². The summed E-state index contributed by atoms with van der Waals surface area (Å²) in [6.07, 6.45) is 0. The van der Waals surface area contributed by atoms with Crippen molar-refractivity contribution in [2.24, 2.45) is 0 Å². The molecule has 13 heavy (non-hydrogen) atoms. The molecule has 0 spiro atoms. The number of aliphatic carboxylic acids is 1. The van der Waals surface area contributed by atoms with Crippen molar-refractivity contribution < 1.29 is 9.90 Å². The van der Waals surface area contributed by atoms with Crippen LogP contribution in [0, 0.1) is 0 Å². The fourth-order valence-corrected chi connectivity index (χ4v) is 1.60. The highest BCUT2D eigenvalue weighted by Gasteiger charge is 2.00. The van der Waals surface area contributed by atoms with Gasteiger partial charge < -0.3 is 10.0 Å². The van der Waals surface area contributed by atoms with E-state index in [9.17, 15) is 4.79 Å². The Hall–Kier alpha value is 0.0700. The van der Waals surface area contributed by atoms with Crippen molar-refractivity contribution in [2.45, 2.75) is 13.8 Å². The van der Waals surface area contributed by atoms with E-state index in [0.717, 1.165) is 25.4 Å². The first-order chi connectivity index (χ1) is 5.70. The Balaban J connectivity index is 0. The van der Waals surface area contributed by atoms with Gasteiger partial charge in [-0.2, -0.15) is 0 Å². The van der Waals surface area contributed by atoms with Crippen molar-refractivity contribution >= 4 is 30.1 Å². The Labute approximate surface area is 90.3 Å². The van der Waals surface area contributed by atoms with Crippen LogP contribution in [0.3, 0.4) is 0 Å². The number of rotatable bonds is 7. The first-order valence-corrected chi connectivity index (χ1v) is 5.38. The van der Waals surface area contributed by atoms with Crippen LogP contribution in [0.5, 0.6) is 0 Å². The van der Waals surface area contributed by atoms with Crippen LogP contribution in [0.15, 0.2) is 0 Å². The molecule has 3 nitrogen and oxygen atoms in total. The first-order valence-electron chi connectivity index (χ1n) is 4.22. The highest BCUT2D eigenvalue weighted by molar-refractivity contribution is 7.99. The lowest BCUT2D eigenvalue weighted by Crippen LogP contribution is -2.25. The maximum absolute atomic E-state index is 10.1. The topological polar surface area (TPSA) is 40.5 Å². The van der Waals surface area contributed by atoms with Crippen molar-refractivity contribution in [1.29, 1.82) is 0 Å². The van der Waals surface area contributed by atoms with Gasteiger partial charge in [0, 0.05) is 12.3 Å². The van der Waals surface area contributed by atoms with Gasteiger partial charge in [-0.05, 0) is 13.1 Å². The summed E-state index contributed by atoms with van der Waals surface area (Å²) in [7, 11) is 0. The summed E-state index contributed by atoms with van der Waals surface area (Å²) < 4.78 is 0. The zero-order valence-corrected chi connectivity index (χ0v) is 9.79. The summed E-state index contributed by atoms with van der Waals surface area (Å²) in [4.78, 5) is 12.4. The molecular weight excluding hydrogens is 210 g/mol. The zero-order chi connectivity index (χ0) is 9.40. The van der Waals surface area contributed by atoms with Gasteiger partial charge in [0.2, 0.25) is 0 Å². The number of carbonyl (C=O) groups is 1. The molecule has 0 aliphatic heterocycles. The van der Waals surface area contributed by atoms with Crippen molar-refractivity contribution in [3.05, 3.63) is 0 Å². The van der Waals surface area contributed by atoms with Gasteiger partial charge in [-0.15, -0.1) is 24.2 Å². The van der Waals surface area contributed by atoms with E-state index in [2.05, 4.69) is 18.7 Å². The maximum Gasteiger partial charge on any atom is 0.313 e. The van der Waals surface area contributed by atoms with Gasteiger partial charge >= 0.3 is 5.97 Å². The third-order valence-electron chi connectivity index (χ3n) is 1.67. The first kappa shape index (κ1) is 15.5. The van der Waals surface area contributed by atoms with E-state index in [-0.39, 0.29) is 18.2 Å². The second-order valence-corrected chi connectivity index (χ2v) is 3.58. The van der Waals surface area contributed by atoms with Crippen LogP contribution in [-0.2, 0) is 4.79 Å². The minimum atomic E-state index is -0.723. The normalized spacial score (nSPS) is 9.77. The van der Waals surface area contributed by atoms with E-state index in [1.54, 1.807) is 0 Å². The third-order valence-corrected chi connectivity index (χ3v) is 2.59. The maximum atomic E-state index is 10.1. The van der Waals surface area contributed by atoms with Crippen molar-refractivity contribution in [2.75, 3.05) is 31.1 Å². The molecule has 0 saturated heterocycles. The number of hydrogen-bond acceptors (Lipinski definition) is 3. The molecule has 0 heterocycles. The largest absolute Gasteiger partial charge is 0.481 e. The van der Waals surface area contributed by atoms with E-state index in [1.165, 1.54) is 11.8 Å². The Morgan fingerprint density at radius 3 is 2.31 bits per heavy atom. The van der Waals surface area contributed by atoms with Gasteiger partial charge in [0.25, 0.3) is 0 Å². The number of carboxylic acids is 1. The number of hydrogen-bond donors (Lipinski definition) is 1. The molecule has 0 unspecified atom stereocenters. The molecule has 0 rings (SSSR count). The van der Waals surface area contributed by atoms with E-state index in [4.69, 9.17) is 5.11 Å². The summed E-state index contributed by atoms with van der Waals surface area (Å²) in [5, 5.41) is 8.36. The third kappa shape index (κ3) is 9.99. The summed E-state index contributed by atoms with van der Waals surface area (Å²) in [5.74, 6) is 0.412. The highest BCUT2D eigenvalue weighted by Crippen LogP contribution is 2.00. The van der Waals surface area contributed by atoms with E-state index < -0.39 is 5.97 Å². The molecule has 0 bridgehead atoms. The number of halogens is 1. The Morgan fingerprint density at radius 2 is 1.92 bits per heavy atom. The van der Waals surface area contributed by atoms with E-state index in [0.29, 0.717) is 0 Å². The monoisotopic (exact) mass is 227 g/mol. The van der Waals surface area contributed by atoms with Crippen LogP contribution >= 0.6 is 24.2 Å². The Morgan fingerprint density at radius 1 is 1.38 bits per heavy atom.